The summed E-state index contributed by atoms with van der Waals surface area (Å²) in [5, 5.41) is 2.66. The minimum atomic E-state index is -3.65. The monoisotopic (exact) mass is 408 g/mol. The van der Waals surface area contributed by atoms with Gasteiger partial charge in [-0.1, -0.05) is 22.5 Å². The third-order valence-corrected chi connectivity index (χ3v) is 5.17. The minimum absolute atomic E-state index is 0.100. The molecule has 0 aromatic heterocycles. The molecule has 1 aliphatic rings. The van der Waals surface area contributed by atoms with Crippen molar-refractivity contribution in [3.8, 4) is 0 Å². The van der Waals surface area contributed by atoms with Crippen LogP contribution >= 0.6 is 31.9 Å². The fraction of sp³-hybridized carbons (Fsp3) is 0.182. The first-order chi connectivity index (χ1) is 8.79. The summed E-state index contributed by atoms with van der Waals surface area (Å²) in [4.78, 5) is 11.4. The van der Waals surface area contributed by atoms with E-state index in [1.54, 1.807) is 6.07 Å². The van der Waals surface area contributed by atoms with Gasteiger partial charge in [-0.15, -0.1) is 0 Å². The summed E-state index contributed by atoms with van der Waals surface area (Å²) in [6.07, 6.45) is 0.191. The average molecular weight is 410 g/mol. The Morgan fingerprint density at radius 3 is 2.79 bits per heavy atom. The Hall–Kier alpha value is -0.700. The third-order valence-electron chi connectivity index (χ3n) is 2.53. The quantitative estimate of drug-likeness (QED) is 0.799. The maximum atomic E-state index is 12.1. The van der Waals surface area contributed by atoms with Gasteiger partial charge in [-0.25, -0.2) is 13.1 Å². The Balaban J connectivity index is 2.38. The van der Waals surface area contributed by atoms with Gasteiger partial charge in [-0.2, -0.15) is 0 Å². The lowest BCUT2D eigenvalue weighted by Gasteiger charge is -2.10. The standard InChI is InChI=1S/C11H10Br2N2O3S/c1-6(12)5-14-19(17,18)10-2-7-3-11(16)15-9(7)4-8(10)13/h2,4,14H,1,3,5H2,(H,15,16). The van der Waals surface area contributed by atoms with Crippen molar-refractivity contribution < 1.29 is 13.2 Å². The summed E-state index contributed by atoms with van der Waals surface area (Å²) >= 11 is 6.30. The van der Waals surface area contributed by atoms with Gasteiger partial charge in [0, 0.05) is 21.2 Å². The zero-order valence-electron chi connectivity index (χ0n) is 9.66. The molecular weight excluding hydrogens is 400 g/mol. The predicted molar refractivity (Wildman–Crippen MR) is 79.7 cm³/mol. The SMILES string of the molecule is C=C(Br)CNS(=O)(=O)c1cc2c(cc1Br)NC(=O)C2. The molecule has 1 heterocycles. The Morgan fingerprint density at radius 2 is 2.16 bits per heavy atom. The summed E-state index contributed by atoms with van der Waals surface area (Å²) in [5.74, 6) is -0.141. The Kier molecular flexibility index (Phi) is 4.14. The Morgan fingerprint density at radius 1 is 1.47 bits per heavy atom. The van der Waals surface area contributed by atoms with Gasteiger partial charge in [0.05, 0.1) is 11.3 Å². The van der Waals surface area contributed by atoms with Gasteiger partial charge in [-0.05, 0) is 33.6 Å². The first kappa shape index (κ1) is 14.7. The van der Waals surface area contributed by atoms with E-state index >= 15 is 0 Å². The number of amides is 1. The number of anilines is 1. The zero-order chi connectivity index (χ0) is 14.2. The lowest BCUT2D eigenvalue weighted by molar-refractivity contribution is -0.115. The topological polar surface area (TPSA) is 75.3 Å². The molecule has 0 saturated heterocycles. The van der Waals surface area contributed by atoms with Crippen molar-refractivity contribution in [3.63, 3.8) is 0 Å². The van der Waals surface area contributed by atoms with Crippen LogP contribution in [0.5, 0.6) is 0 Å². The van der Waals surface area contributed by atoms with Gasteiger partial charge in [0.1, 0.15) is 0 Å². The largest absolute Gasteiger partial charge is 0.325 e. The molecule has 102 valence electrons. The second kappa shape index (κ2) is 5.35. The van der Waals surface area contributed by atoms with Gasteiger partial charge in [0.15, 0.2) is 0 Å². The number of sulfonamides is 1. The first-order valence-corrected chi connectivity index (χ1v) is 8.32. The highest BCUT2D eigenvalue weighted by atomic mass is 79.9. The fourth-order valence-electron chi connectivity index (χ4n) is 1.68. The molecule has 19 heavy (non-hydrogen) atoms. The van der Waals surface area contributed by atoms with Crippen LogP contribution < -0.4 is 10.0 Å². The van der Waals surface area contributed by atoms with E-state index < -0.39 is 10.0 Å². The number of fused-ring (bicyclic) bond motifs is 1. The van der Waals surface area contributed by atoms with Crippen molar-refractivity contribution in [1.82, 2.24) is 4.72 Å². The number of carbonyl (C=O) groups excluding carboxylic acids is 1. The van der Waals surface area contributed by atoms with Crippen molar-refractivity contribution in [2.75, 3.05) is 11.9 Å². The molecular formula is C11H10Br2N2O3S. The molecule has 0 bridgehead atoms. The number of rotatable bonds is 4. The summed E-state index contributed by atoms with van der Waals surface area (Å²) in [5.41, 5.74) is 1.31. The maximum Gasteiger partial charge on any atom is 0.242 e. The summed E-state index contributed by atoms with van der Waals surface area (Å²) in [6, 6.07) is 3.09. The van der Waals surface area contributed by atoms with Gasteiger partial charge in [-0.3, -0.25) is 4.79 Å². The van der Waals surface area contributed by atoms with Crippen molar-refractivity contribution in [2.45, 2.75) is 11.3 Å². The second-order valence-corrected chi connectivity index (χ2v) is 7.72. The molecule has 1 aromatic rings. The molecule has 0 spiro atoms. The lowest BCUT2D eigenvalue weighted by atomic mass is 10.2. The molecule has 0 atom stereocenters. The highest BCUT2D eigenvalue weighted by Gasteiger charge is 2.24. The van der Waals surface area contributed by atoms with E-state index in [0.717, 1.165) is 0 Å². The van der Waals surface area contributed by atoms with E-state index in [9.17, 15) is 13.2 Å². The molecule has 5 nitrogen and oxygen atoms in total. The van der Waals surface area contributed by atoms with E-state index in [1.807, 2.05) is 0 Å². The van der Waals surface area contributed by atoms with Crippen LogP contribution in [0.1, 0.15) is 5.56 Å². The molecule has 0 aliphatic carbocycles. The first-order valence-electron chi connectivity index (χ1n) is 5.25. The van der Waals surface area contributed by atoms with Crippen molar-refractivity contribution >= 4 is 53.5 Å². The van der Waals surface area contributed by atoms with Gasteiger partial charge >= 0.3 is 0 Å². The summed E-state index contributed by atoms with van der Waals surface area (Å²) in [7, 11) is -3.65. The van der Waals surface area contributed by atoms with Gasteiger partial charge in [0.25, 0.3) is 0 Å². The van der Waals surface area contributed by atoms with E-state index in [2.05, 4.69) is 48.5 Å². The van der Waals surface area contributed by atoms with Crippen molar-refractivity contribution in [3.05, 3.63) is 33.2 Å². The fourth-order valence-corrected chi connectivity index (χ4v) is 4.12. The minimum Gasteiger partial charge on any atom is -0.325 e. The highest BCUT2D eigenvalue weighted by molar-refractivity contribution is 9.11. The van der Waals surface area contributed by atoms with Crippen LogP contribution in [0.2, 0.25) is 0 Å². The normalized spacial score (nSPS) is 14.1. The Labute approximate surface area is 127 Å². The van der Waals surface area contributed by atoms with Crippen LogP contribution in [0, 0.1) is 0 Å². The van der Waals surface area contributed by atoms with Crippen molar-refractivity contribution in [2.24, 2.45) is 0 Å². The molecule has 2 rings (SSSR count). The zero-order valence-corrected chi connectivity index (χ0v) is 13.7. The van der Waals surface area contributed by atoms with Crippen LogP contribution in [0.4, 0.5) is 5.69 Å². The molecule has 1 aromatic carbocycles. The average Bonchev–Trinajstić information content (AvgIpc) is 2.64. The van der Waals surface area contributed by atoms with Gasteiger partial charge in [0.2, 0.25) is 15.9 Å². The highest BCUT2D eigenvalue weighted by Crippen LogP contribution is 2.32. The number of halogens is 2. The lowest BCUT2D eigenvalue weighted by Crippen LogP contribution is -2.25. The summed E-state index contributed by atoms with van der Waals surface area (Å²) < 4.78 is 27.6. The number of carbonyl (C=O) groups is 1. The molecule has 0 radical (unpaired) electrons. The molecule has 1 amide bonds. The van der Waals surface area contributed by atoms with E-state index in [4.69, 9.17) is 0 Å². The number of hydrogen-bond acceptors (Lipinski definition) is 3. The van der Waals surface area contributed by atoms with Crippen LogP contribution in [0.25, 0.3) is 0 Å². The van der Waals surface area contributed by atoms with Crippen LogP contribution in [0.15, 0.2) is 32.6 Å². The number of benzene rings is 1. The Bertz CT molecular complexity index is 671. The number of hydrogen-bond donors (Lipinski definition) is 2. The second-order valence-electron chi connectivity index (χ2n) is 4.01. The molecule has 8 heteroatoms. The van der Waals surface area contributed by atoms with Gasteiger partial charge < -0.3 is 5.32 Å². The smallest absolute Gasteiger partial charge is 0.242 e. The predicted octanol–water partition coefficient (Wildman–Crippen LogP) is 2.13. The molecule has 0 saturated carbocycles. The molecule has 0 unspecified atom stereocenters. The maximum absolute atomic E-state index is 12.1. The summed E-state index contributed by atoms with van der Waals surface area (Å²) in [6.45, 7) is 3.67. The molecule has 0 fully saturated rings. The third kappa shape index (κ3) is 3.25. The molecule has 1 aliphatic heterocycles. The van der Waals surface area contributed by atoms with Crippen LogP contribution in [0.3, 0.4) is 0 Å². The van der Waals surface area contributed by atoms with E-state index in [-0.39, 0.29) is 23.8 Å². The van der Waals surface area contributed by atoms with Crippen molar-refractivity contribution in [1.29, 1.82) is 0 Å². The van der Waals surface area contributed by atoms with E-state index in [0.29, 0.717) is 20.2 Å². The van der Waals surface area contributed by atoms with Crippen LogP contribution in [-0.2, 0) is 21.2 Å². The van der Waals surface area contributed by atoms with Crippen LogP contribution in [-0.4, -0.2) is 20.9 Å². The van der Waals surface area contributed by atoms with E-state index in [1.165, 1.54) is 6.07 Å². The number of nitrogens with one attached hydrogen (secondary N) is 2. The molecule has 2 N–H and O–H groups in total.